The molecule has 2 aromatic rings. The van der Waals surface area contributed by atoms with E-state index in [0.717, 1.165) is 28.9 Å². The number of thioether (sulfide) groups is 1. The van der Waals surface area contributed by atoms with Gasteiger partial charge in [0.1, 0.15) is 5.82 Å². The van der Waals surface area contributed by atoms with Gasteiger partial charge < -0.3 is 5.32 Å². The largest absolute Gasteiger partial charge is 0.349 e. The third kappa shape index (κ3) is 7.90. The highest BCUT2D eigenvalue weighted by molar-refractivity contribution is 8.03. The first-order valence-electron chi connectivity index (χ1n) is 11.2. The maximum absolute atomic E-state index is 14.0. The lowest BCUT2D eigenvalue weighted by Crippen LogP contribution is -2.32. The monoisotopic (exact) mass is 463 g/mol. The molecule has 1 fully saturated rings. The lowest BCUT2D eigenvalue weighted by Gasteiger charge is -2.13. The Morgan fingerprint density at radius 1 is 1.00 bits per heavy atom. The Kier molecular flexibility index (Phi) is 10.4. The Labute approximate surface area is 202 Å². The van der Waals surface area contributed by atoms with Crippen LogP contribution < -0.4 is 5.32 Å². The van der Waals surface area contributed by atoms with Gasteiger partial charge in [0.25, 0.3) is 5.91 Å². The van der Waals surface area contributed by atoms with Crippen LogP contribution >= 0.6 is 11.8 Å². The van der Waals surface area contributed by atoms with Gasteiger partial charge in [0.15, 0.2) is 0 Å². The zero-order chi connectivity index (χ0) is 24.4. The first kappa shape index (κ1) is 26.4. The maximum Gasteiger partial charge on any atom is 0.250 e. The number of nitrogens with one attached hydrogen (secondary N) is 1. The third-order valence-electron chi connectivity index (χ3n) is 5.61. The zero-order valence-corrected chi connectivity index (χ0v) is 20.7. The van der Waals surface area contributed by atoms with E-state index in [1.807, 2.05) is 24.3 Å². The van der Waals surface area contributed by atoms with Crippen molar-refractivity contribution in [1.82, 2.24) is 5.32 Å². The van der Waals surface area contributed by atoms with Gasteiger partial charge in [-0.1, -0.05) is 92.4 Å². The number of amides is 1. The molecule has 0 bridgehead atoms. The molecule has 33 heavy (non-hydrogen) atoms. The fourth-order valence-electron chi connectivity index (χ4n) is 3.36. The standard InChI is InChI=1S/C19H19FS.C10H15NO/c1-13(2)15(4)21-19-12-8-6-10-17(19)14(3)16-9-5-7-11-18(16)20;1-3-8(2)10(12)11-9-6-4-5-7-9/h5-12H,3H2,1-2,4H3;3,9H,1-2,4-7H2,(H,11,12). The number of benzene rings is 2. The molecular weight excluding hydrogens is 429 g/mol. The molecular formula is C29H34FNOS. The minimum absolute atomic E-state index is 0.0723. The minimum atomic E-state index is -0.235. The first-order chi connectivity index (χ1) is 15.7. The molecule has 1 saturated carbocycles. The van der Waals surface area contributed by atoms with Crippen LogP contribution in [0.4, 0.5) is 4.39 Å². The zero-order valence-electron chi connectivity index (χ0n) is 19.9. The number of halogens is 1. The van der Waals surface area contributed by atoms with Crippen molar-refractivity contribution in [3.05, 3.63) is 107 Å². The summed E-state index contributed by atoms with van der Waals surface area (Å²) in [5.74, 6) is -0.307. The Hall–Kier alpha value is -2.85. The van der Waals surface area contributed by atoms with Gasteiger partial charge in [0, 0.05) is 22.1 Å². The van der Waals surface area contributed by atoms with E-state index in [-0.39, 0.29) is 11.7 Å². The summed E-state index contributed by atoms with van der Waals surface area (Å²) in [6.45, 7) is 17.5. The van der Waals surface area contributed by atoms with Gasteiger partial charge in [0.05, 0.1) is 0 Å². The highest BCUT2D eigenvalue weighted by atomic mass is 32.2. The summed E-state index contributed by atoms with van der Waals surface area (Å²) in [7, 11) is 0. The fourth-order valence-corrected chi connectivity index (χ4v) is 4.35. The van der Waals surface area contributed by atoms with Gasteiger partial charge >= 0.3 is 0 Å². The smallest absolute Gasteiger partial charge is 0.250 e. The fraction of sp³-hybridized carbons (Fsp3) is 0.276. The number of hydrogen-bond donors (Lipinski definition) is 1. The molecule has 1 N–H and O–H groups in total. The van der Waals surface area contributed by atoms with Crippen LogP contribution in [-0.2, 0) is 4.79 Å². The molecule has 2 nitrogen and oxygen atoms in total. The molecule has 0 heterocycles. The molecule has 1 aliphatic rings. The molecule has 1 amide bonds. The molecule has 4 heteroatoms. The Morgan fingerprint density at radius 2 is 1.58 bits per heavy atom. The van der Waals surface area contributed by atoms with E-state index in [2.05, 4.69) is 51.9 Å². The van der Waals surface area contributed by atoms with Crippen molar-refractivity contribution in [3.63, 3.8) is 0 Å². The molecule has 3 rings (SSSR count). The second-order valence-corrected chi connectivity index (χ2v) is 9.55. The van der Waals surface area contributed by atoms with Crippen molar-refractivity contribution < 1.29 is 9.18 Å². The molecule has 174 valence electrons. The van der Waals surface area contributed by atoms with Crippen molar-refractivity contribution >= 4 is 23.2 Å². The van der Waals surface area contributed by atoms with Gasteiger partial charge in [-0.3, -0.25) is 4.79 Å². The van der Waals surface area contributed by atoms with E-state index < -0.39 is 0 Å². The van der Waals surface area contributed by atoms with E-state index >= 15 is 0 Å². The van der Waals surface area contributed by atoms with Crippen LogP contribution in [-0.4, -0.2) is 11.9 Å². The summed E-state index contributed by atoms with van der Waals surface area (Å²) in [5, 5.41) is 2.92. The van der Waals surface area contributed by atoms with E-state index in [4.69, 9.17) is 0 Å². The molecule has 0 unspecified atom stereocenters. The molecule has 0 radical (unpaired) electrons. The average Bonchev–Trinajstić information content (AvgIpc) is 3.32. The lowest BCUT2D eigenvalue weighted by molar-refractivity contribution is -0.117. The predicted octanol–water partition coefficient (Wildman–Crippen LogP) is 8.08. The van der Waals surface area contributed by atoms with Crippen molar-refractivity contribution in [2.45, 2.75) is 57.4 Å². The van der Waals surface area contributed by atoms with E-state index in [1.165, 1.54) is 35.5 Å². The van der Waals surface area contributed by atoms with E-state index in [9.17, 15) is 9.18 Å². The highest BCUT2D eigenvalue weighted by Gasteiger charge is 2.17. The summed E-state index contributed by atoms with van der Waals surface area (Å²) in [5.41, 5.74) is 4.00. The SMILES string of the molecule is C=C(c1ccccc1F)c1ccccc1SC(C)=C(C)C.C=CC(=C)C(=O)NC1CCCC1. The van der Waals surface area contributed by atoms with Crippen molar-refractivity contribution in [1.29, 1.82) is 0 Å². The molecule has 0 atom stereocenters. The van der Waals surface area contributed by atoms with Crippen LogP contribution in [0.5, 0.6) is 0 Å². The Bertz CT molecular complexity index is 1040. The second kappa shape index (κ2) is 13.0. The van der Waals surface area contributed by atoms with Crippen LogP contribution in [0.3, 0.4) is 0 Å². The summed E-state index contributed by atoms with van der Waals surface area (Å²) in [6.07, 6.45) is 6.16. The third-order valence-corrected chi connectivity index (χ3v) is 6.90. The lowest BCUT2D eigenvalue weighted by atomic mass is 9.99. The summed E-state index contributed by atoms with van der Waals surface area (Å²) >= 11 is 1.70. The van der Waals surface area contributed by atoms with Crippen LogP contribution in [0.25, 0.3) is 5.57 Å². The van der Waals surface area contributed by atoms with Crippen molar-refractivity contribution in [2.75, 3.05) is 0 Å². The second-order valence-electron chi connectivity index (χ2n) is 8.30. The van der Waals surface area contributed by atoms with E-state index in [0.29, 0.717) is 17.2 Å². The molecule has 0 spiro atoms. The van der Waals surface area contributed by atoms with Crippen LogP contribution in [0.2, 0.25) is 0 Å². The van der Waals surface area contributed by atoms with Crippen LogP contribution in [0.1, 0.15) is 57.6 Å². The van der Waals surface area contributed by atoms with Gasteiger partial charge in [-0.05, 0) is 61.8 Å². The van der Waals surface area contributed by atoms with Gasteiger partial charge in [-0.15, -0.1) is 0 Å². The predicted molar refractivity (Wildman–Crippen MR) is 141 cm³/mol. The minimum Gasteiger partial charge on any atom is -0.349 e. The quantitative estimate of drug-likeness (QED) is 0.255. The van der Waals surface area contributed by atoms with Crippen LogP contribution in [0, 0.1) is 5.82 Å². The summed E-state index contributed by atoms with van der Waals surface area (Å²) < 4.78 is 14.0. The van der Waals surface area contributed by atoms with Gasteiger partial charge in [0.2, 0.25) is 0 Å². The number of carbonyl (C=O) groups is 1. The van der Waals surface area contributed by atoms with Crippen LogP contribution in [0.15, 0.2) is 95.3 Å². The number of hydrogen-bond acceptors (Lipinski definition) is 2. The van der Waals surface area contributed by atoms with Gasteiger partial charge in [-0.2, -0.15) is 0 Å². The maximum atomic E-state index is 14.0. The molecule has 1 aliphatic carbocycles. The number of allylic oxidation sites excluding steroid dienone is 2. The van der Waals surface area contributed by atoms with E-state index in [1.54, 1.807) is 23.9 Å². The summed E-state index contributed by atoms with van der Waals surface area (Å²) in [6, 6.07) is 15.1. The highest BCUT2D eigenvalue weighted by Crippen LogP contribution is 2.36. The molecule has 0 aromatic heterocycles. The van der Waals surface area contributed by atoms with Crippen molar-refractivity contribution in [3.8, 4) is 0 Å². The normalized spacial score (nSPS) is 12.8. The topological polar surface area (TPSA) is 29.1 Å². The van der Waals surface area contributed by atoms with Crippen molar-refractivity contribution in [2.24, 2.45) is 0 Å². The Morgan fingerprint density at radius 3 is 2.15 bits per heavy atom. The number of rotatable bonds is 7. The average molecular weight is 464 g/mol. The molecule has 2 aromatic carbocycles. The van der Waals surface area contributed by atoms with Gasteiger partial charge in [-0.25, -0.2) is 4.39 Å². The Balaban J connectivity index is 0.000000273. The molecule has 0 aliphatic heterocycles. The summed E-state index contributed by atoms with van der Waals surface area (Å²) in [4.78, 5) is 13.6. The molecule has 0 saturated heterocycles. The first-order valence-corrected chi connectivity index (χ1v) is 12.0. The number of carbonyl (C=O) groups excluding carboxylic acids is 1.